The summed E-state index contributed by atoms with van der Waals surface area (Å²) in [6.45, 7) is 0. The fraction of sp³-hybridized carbons (Fsp3) is 0.500. The molecular weight excluding hydrogens is 143 g/mol. The van der Waals surface area contributed by atoms with Gasteiger partial charge in [0.05, 0.1) is 0 Å². The van der Waals surface area contributed by atoms with Crippen LogP contribution in [0.1, 0.15) is 0 Å². The van der Waals surface area contributed by atoms with Crippen LogP contribution in [0.25, 0.3) is 0 Å². The third kappa shape index (κ3) is 2.43. The molecule has 0 aliphatic rings. The highest BCUT2D eigenvalue weighted by atomic mass is 19.3. The number of rotatable bonds is 2. The molecule has 9 heavy (non-hydrogen) atoms. The van der Waals surface area contributed by atoms with Crippen molar-refractivity contribution < 1.29 is 22.0 Å². The van der Waals surface area contributed by atoms with E-state index in [1.165, 1.54) is 0 Å². The Labute approximate surface area is 48.0 Å². The van der Waals surface area contributed by atoms with Gasteiger partial charge in [0.2, 0.25) is 6.17 Å². The maximum Gasteiger partial charge on any atom is 0.275 e. The summed E-state index contributed by atoms with van der Waals surface area (Å²) in [4.78, 5) is 0. The second-order valence-electron chi connectivity index (χ2n) is 1.23. The summed E-state index contributed by atoms with van der Waals surface area (Å²) in [5.41, 5.74) is 0. The molecule has 0 bridgehead atoms. The van der Waals surface area contributed by atoms with Crippen LogP contribution in [0.15, 0.2) is 12.2 Å². The molecule has 0 radical (unpaired) electrons. The van der Waals surface area contributed by atoms with Crippen molar-refractivity contribution in [1.29, 1.82) is 0 Å². The first-order valence-corrected chi connectivity index (χ1v) is 1.97. The van der Waals surface area contributed by atoms with Crippen molar-refractivity contribution >= 4 is 0 Å². The molecule has 0 aromatic rings. The molecule has 0 aromatic carbocycles. The van der Waals surface area contributed by atoms with Gasteiger partial charge in [-0.3, -0.25) is 0 Å². The molecule has 0 N–H and O–H groups in total. The number of hydrogen-bond donors (Lipinski definition) is 0. The zero-order chi connectivity index (χ0) is 7.44. The summed E-state index contributed by atoms with van der Waals surface area (Å²) in [5, 5.41) is 0. The molecule has 0 rings (SSSR count). The number of hydrogen-bond acceptors (Lipinski definition) is 0. The lowest BCUT2D eigenvalue weighted by molar-refractivity contribution is 0.0568. The molecule has 0 aliphatic heterocycles. The summed E-state index contributed by atoms with van der Waals surface area (Å²) in [5.74, 6) is -2.08. The van der Waals surface area contributed by atoms with Gasteiger partial charge in [-0.15, -0.1) is 0 Å². The average molecular weight is 146 g/mol. The fourth-order valence-corrected chi connectivity index (χ4v) is 0.181. The van der Waals surface area contributed by atoms with Crippen LogP contribution in [0.2, 0.25) is 0 Å². The Morgan fingerprint density at radius 1 is 1.22 bits per heavy atom. The quantitative estimate of drug-likeness (QED) is 0.524. The van der Waals surface area contributed by atoms with Gasteiger partial charge in [0.1, 0.15) is 6.33 Å². The van der Waals surface area contributed by atoms with E-state index in [0.717, 1.165) is 0 Å². The van der Waals surface area contributed by atoms with Crippen molar-refractivity contribution in [2.45, 2.75) is 12.6 Å². The molecule has 1 atom stereocenters. The molecule has 0 aromatic heterocycles. The molecule has 0 heterocycles. The third-order valence-electron chi connectivity index (χ3n) is 0.589. The molecule has 0 spiro atoms. The first kappa shape index (κ1) is 8.39. The summed E-state index contributed by atoms with van der Waals surface area (Å²) in [7, 11) is 0. The number of halogens is 5. The van der Waals surface area contributed by atoms with Crippen LogP contribution in [-0.4, -0.2) is 12.6 Å². The molecule has 0 amide bonds. The average Bonchev–Trinajstić information content (AvgIpc) is 1.84. The summed E-state index contributed by atoms with van der Waals surface area (Å²) < 4.78 is 55.9. The Balaban J connectivity index is 3.88. The van der Waals surface area contributed by atoms with Gasteiger partial charge >= 0.3 is 0 Å². The number of allylic oxidation sites excluding steroid dienone is 1. The predicted octanol–water partition coefficient (Wildman–Crippen LogP) is 2.37. The molecule has 54 valence electrons. The molecule has 0 fully saturated rings. The zero-order valence-electron chi connectivity index (χ0n) is 4.12. The van der Waals surface area contributed by atoms with Gasteiger partial charge in [-0.05, 0) is 0 Å². The standard InChI is InChI=1S/C4H3F5/c5-1-2(6)3(7)4(8)9/h1,3-4H. The van der Waals surface area contributed by atoms with E-state index in [0.29, 0.717) is 0 Å². The minimum Gasteiger partial charge on any atom is -0.233 e. The summed E-state index contributed by atoms with van der Waals surface area (Å²) in [6.07, 6.45) is -7.46. The van der Waals surface area contributed by atoms with Gasteiger partial charge in [0.25, 0.3) is 6.43 Å². The normalized spacial score (nSPS) is 16.4. The fourth-order valence-electron chi connectivity index (χ4n) is 0.181. The zero-order valence-corrected chi connectivity index (χ0v) is 4.12. The minimum atomic E-state index is -3.50. The Morgan fingerprint density at radius 3 is 1.78 bits per heavy atom. The van der Waals surface area contributed by atoms with Crippen LogP contribution in [0.3, 0.4) is 0 Å². The van der Waals surface area contributed by atoms with E-state index < -0.39 is 24.8 Å². The Kier molecular flexibility index (Phi) is 3.19. The maximum absolute atomic E-state index is 11.5. The summed E-state index contributed by atoms with van der Waals surface area (Å²) in [6, 6.07) is 0. The van der Waals surface area contributed by atoms with Crippen LogP contribution in [-0.2, 0) is 0 Å². The first-order chi connectivity index (χ1) is 4.09. The Morgan fingerprint density at radius 2 is 1.67 bits per heavy atom. The Hall–Kier alpha value is -0.610. The van der Waals surface area contributed by atoms with Crippen molar-refractivity contribution in [3.63, 3.8) is 0 Å². The number of alkyl halides is 3. The lowest BCUT2D eigenvalue weighted by Crippen LogP contribution is -2.11. The van der Waals surface area contributed by atoms with Gasteiger partial charge < -0.3 is 0 Å². The van der Waals surface area contributed by atoms with Gasteiger partial charge in [0.15, 0.2) is 5.83 Å². The topological polar surface area (TPSA) is 0 Å². The monoisotopic (exact) mass is 146 g/mol. The van der Waals surface area contributed by atoms with E-state index in [9.17, 15) is 22.0 Å². The predicted molar refractivity (Wildman–Crippen MR) is 21.2 cm³/mol. The molecule has 0 nitrogen and oxygen atoms in total. The largest absolute Gasteiger partial charge is 0.275 e. The van der Waals surface area contributed by atoms with Crippen molar-refractivity contribution in [2.24, 2.45) is 0 Å². The van der Waals surface area contributed by atoms with Gasteiger partial charge in [-0.25, -0.2) is 22.0 Å². The second-order valence-corrected chi connectivity index (χ2v) is 1.23. The summed E-state index contributed by atoms with van der Waals surface area (Å²) >= 11 is 0. The highest BCUT2D eigenvalue weighted by Crippen LogP contribution is 2.15. The van der Waals surface area contributed by atoms with Crippen molar-refractivity contribution in [2.75, 3.05) is 0 Å². The van der Waals surface area contributed by atoms with Crippen molar-refractivity contribution in [3.8, 4) is 0 Å². The molecule has 0 saturated heterocycles. The van der Waals surface area contributed by atoms with Crippen LogP contribution in [0.4, 0.5) is 22.0 Å². The van der Waals surface area contributed by atoms with Crippen LogP contribution < -0.4 is 0 Å². The van der Waals surface area contributed by atoms with Crippen LogP contribution >= 0.6 is 0 Å². The lowest BCUT2D eigenvalue weighted by Gasteiger charge is -2.00. The third-order valence-corrected chi connectivity index (χ3v) is 0.589. The highest BCUT2D eigenvalue weighted by Gasteiger charge is 2.24. The Bertz CT molecular complexity index is 108. The van der Waals surface area contributed by atoms with E-state index in [1.807, 2.05) is 0 Å². The van der Waals surface area contributed by atoms with Crippen molar-refractivity contribution in [3.05, 3.63) is 12.2 Å². The molecule has 0 saturated carbocycles. The van der Waals surface area contributed by atoms with E-state index in [4.69, 9.17) is 0 Å². The van der Waals surface area contributed by atoms with Crippen LogP contribution in [0, 0.1) is 0 Å². The van der Waals surface area contributed by atoms with Gasteiger partial charge in [0, 0.05) is 0 Å². The van der Waals surface area contributed by atoms with Crippen molar-refractivity contribution in [1.82, 2.24) is 0 Å². The van der Waals surface area contributed by atoms with E-state index in [1.54, 1.807) is 0 Å². The highest BCUT2D eigenvalue weighted by molar-refractivity contribution is 4.94. The molecular formula is C4H3F5. The maximum atomic E-state index is 11.5. The first-order valence-electron chi connectivity index (χ1n) is 1.97. The van der Waals surface area contributed by atoms with Gasteiger partial charge in [-0.2, -0.15) is 0 Å². The lowest BCUT2D eigenvalue weighted by atomic mass is 10.4. The second kappa shape index (κ2) is 3.42. The molecule has 0 aliphatic carbocycles. The smallest absolute Gasteiger partial charge is 0.233 e. The SMILES string of the molecule is FC=C(F)C(F)C(F)F. The molecule has 5 heteroatoms. The van der Waals surface area contributed by atoms with Gasteiger partial charge in [-0.1, -0.05) is 0 Å². The van der Waals surface area contributed by atoms with E-state index in [-0.39, 0.29) is 0 Å². The molecule has 1 unspecified atom stereocenters. The van der Waals surface area contributed by atoms with E-state index >= 15 is 0 Å². The van der Waals surface area contributed by atoms with E-state index in [2.05, 4.69) is 0 Å². The van der Waals surface area contributed by atoms with Crippen LogP contribution in [0.5, 0.6) is 0 Å². The minimum absolute atomic E-state index is 0.823.